The van der Waals surface area contributed by atoms with E-state index < -0.39 is 0 Å². The monoisotopic (exact) mass is 383 g/mol. The van der Waals surface area contributed by atoms with Crippen molar-refractivity contribution in [1.29, 1.82) is 0 Å². The fourth-order valence-corrected chi connectivity index (χ4v) is 3.06. The number of rotatable bonds is 6. The van der Waals surface area contributed by atoms with Crippen molar-refractivity contribution in [2.24, 2.45) is 0 Å². The van der Waals surface area contributed by atoms with Crippen LogP contribution in [-0.2, 0) is 17.8 Å². The Morgan fingerprint density at radius 3 is 2.45 bits per heavy atom. The van der Waals surface area contributed by atoms with Crippen LogP contribution in [0.3, 0.4) is 0 Å². The van der Waals surface area contributed by atoms with Crippen LogP contribution in [0.1, 0.15) is 16.7 Å². The number of aromatic nitrogens is 4. The number of carbonyl (C=O) groups is 1. The van der Waals surface area contributed by atoms with Gasteiger partial charge in [0.2, 0.25) is 11.7 Å². The van der Waals surface area contributed by atoms with Gasteiger partial charge in [0.1, 0.15) is 6.54 Å². The Morgan fingerprint density at radius 2 is 1.66 bits per heavy atom. The standard InChI is InChI=1S/C23H21N5O/c1-17-11-13-19(14-12-17)23-25-27-28(26-23)16-22(29)24-21-10-6-5-9-20(21)15-18-7-3-2-4-8-18/h2-14H,15-16H2,1H3,(H,24,29). The highest BCUT2D eigenvalue weighted by atomic mass is 16.2. The second-order valence-corrected chi connectivity index (χ2v) is 6.88. The lowest BCUT2D eigenvalue weighted by atomic mass is 10.0. The van der Waals surface area contributed by atoms with Gasteiger partial charge in [-0.05, 0) is 35.8 Å². The predicted octanol–water partition coefficient (Wildman–Crippen LogP) is 3.88. The first-order valence-corrected chi connectivity index (χ1v) is 9.44. The molecule has 0 aliphatic carbocycles. The van der Waals surface area contributed by atoms with Crippen molar-refractivity contribution in [3.05, 3.63) is 95.6 Å². The maximum Gasteiger partial charge on any atom is 0.248 e. The van der Waals surface area contributed by atoms with E-state index in [9.17, 15) is 4.79 Å². The summed E-state index contributed by atoms with van der Waals surface area (Å²) in [7, 11) is 0. The number of nitrogens with one attached hydrogen (secondary N) is 1. The van der Waals surface area contributed by atoms with Crippen LogP contribution in [0.5, 0.6) is 0 Å². The molecule has 0 aliphatic heterocycles. The molecule has 0 spiro atoms. The van der Waals surface area contributed by atoms with Crippen LogP contribution in [0.4, 0.5) is 5.69 Å². The molecule has 0 saturated heterocycles. The van der Waals surface area contributed by atoms with Gasteiger partial charge in [-0.25, -0.2) is 0 Å². The molecule has 144 valence electrons. The number of hydrogen-bond acceptors (Lipinski definition) is 4. The minimum absolute atomic E-state index is 0.00146. The fourth-order valence-electron chi connectivity index (χ4n) is 3.06. The Balaban J connectivity index is 1.43. The number of carbonyl (C=O) groups excluding carboxylic acids is 1. The van der Waals surface area contributed by atoms with E-state index >= 15 is 0 Å². The maximum atomic E-state index is 12.5. The molecule has 0 bridgehead atoms. The van der Waals surface area contributed by atoms with Crippen molar-refractivity contribution in [2.75, 3.05) is 5.32 Å². The van der Waals surface area contributed by atoms with Crippen LogP contribution >= 0.6 is 0 Å². The summed E-state index contributed by atoms with van der Waals surface area (Å²) < 4.78 is 0. The summed E-state index contributed by atoms with van der Waals surface area (Å²) in [5.74, 6) is 0.306. The average molecular weight is 383 g/mol. The summed E-state index contributed by atoms with van der Waals surface area (Å²) in [6.45, 7) is 2.02. The van der Waals surface area contributed by atoms with Gasteiger partial charge in [-0.3, -0.25) is 4.79 Å². The molecule has 1 N–H and O–H groups in total. The number of hydrogen-bond donors (Lipinski definition) is 1. The number of tetrazole rings is 1. The van der Waals surface area contributed by atoms with Crippen molar-refractivity contribution >= 4 is 11.6 Å². The van der Waals surface area contributed by atoms with E-state index in [-0.39, 0.29) is 12.5 Å². The highest BCUT2D eigenvalue weighted by Crippen LogP contribution is 2.19. The molecule has 4 aromatic rings. The van der Waals surface area contributed by atoms with Crippen molar-refractivity contribution < 1.29 is 4.79 Å². The molecule has 0 aliphatic rings. The molecular formula is C23H21N5O. The number of amides is 1. The highest BCUT2D eigenvalue weighted by Gasteiger charge is 2.11. The van der Waals surface area contributed by atoms with Crippen LogP contribution in [0, 0.1) is 6.92 Å². The Morgan fingerprint density at radius 1 is 0.931 bits per heavy atom. The Bertz CT molecular complexity index is 1100. The minimum atomic E-state index is -0.196. The first kappa shape index (κ1) is 18.6. The third kappa shape index (κ3) is 4.73. The number of para-hydroxylation sites is 1. The molecule has 1 amide bonds. The Hall–Kier alpha value is -3.80. The van der Waals surface area contributed by atoms with Gasteiger partial charge < -0.3 is 5.32 Å². The van der Waals surface area contributed by atoms with E-state index in [1.54, 1.807) is 0 Å². The molecule has 0 saturated carbocycles. The molecule has 1 heterocycles. The van der Waals surface area contributed by atoms with Gasteiger partial charge in [-0.2, -0.15) is 4.80 Å². The number of anilines is 1. The van der Waals surface area contributed by atoms with Gasteiger partial charge in [-0.15, -0.1) is 10.2 Å². The number of benzene rings is 3. The molecule has 6 nitrogen and oxygen atoms in total. The lowest BCUT2D eigenvalue weighted by Gasteiger charge is -2.11. The lowest BCUT2D eigenvalue weighted by Crippen LogP contribution is -2.21. The van der Waals surface area contributed by atoms with Crippen molar-refractivity contribution in [2.45, 2.75) is 19.9 Å². The molecule has 0 unspecified atom stereocenters. The van der Waals surface area contributed by atoms with E-state index in [0.29, 0.717) is 5.82 Å². The summed E-state index contributed by atoms with van der Waals surface area (Å²) in [6.07, 6.45) is 0.746. The summed E-state index contributed by atoms with van der Waals surface area (Å²) in [5.41, 5.74) is 5.07. The Kier molecular flexibility index (Phi) is 5.42. The van der Waals surface area contributed by atoms with Gasteiger partial charge in [0, 0.05) is 11.3 Å². The van der Waals surface area contributed by atoms with E-state index in [0.717, 1.165) is 28.8 Å². The molecule has 6 heteroatoms. The van der Waals surface area contributed by atoms with Crippen LogP contribution < -0.4 is 5.32 Å². The lowest BCUT2D eigenvalue weighted by molar-refractivity contribution is -0.117. The van der Waals surface area contributed by atoms with Gasteiger partial charge in [-0.1, -0.05) is 78.4 Å². The van der Waals surface area contributed by atoms with Crippen LogP contribution in [0.15, 0.2) is 78.9 Å². The van der Waals surface area contributed by atoms with Gasteiger partial charge in [0.15, 0.2) is 0 Å². The largest absolute Gasteiger partial charge is 0.324 e. The fraction of sp³-hybridized carbons (Fsp3) is 0.130. The van der Waals surface area contributed by atoms with Crippen LogP contribution in [-0.4, -0.2) is 26.1 Å². The van der Waals surface area contributed by atoms with Crippen molar-refractivity contribution in [3.63, 3.8) is 0 Å². The molecule has 0 atom stereocenters. The smallest absolute Gasteiger partial charge is 0.248 e. The molecule has 0 fully saturated rings. The minimum Gasteiger partial charge on any atom is -0.324 e. The van der Waals surface area contributed by atoms with E-state index in [1.807, 2.05) is 73.7 Å². The summed E-state index contributed by atoms with van der Waals surface area (Å²) in [4.78, 5) is 13.8. The summed E-state index contributed by atoms with van der Waals surface area (Å²) in [5, 5.41) is 15.3. The average Bonchev–Trinajstić information content (AvgIpc) is 3.19. The molecule has 4 rings (SSSR count). The predicted molar refractivity (Wildman–Crippen MR) is 112 cm³/mol. The molecule has 29 heavy (non-hydrogen) atoms. The second kappa shape index (κ2) is 8.48. The Labute approximate surface area is 169 Å². The van der Waals surface area contributed by atoms with Crippen molar-refractivity contribution in [3.8, 4) is 11.4 Å². The van der Waals surface area contributed by atoms with Crippen molar-refractivity contribution in [1.82, 2.24) is 20.2 Å². The zero-order valence-corrected chi connectivity index (χ0v) is 16.1. The molecule has 1 aromatic heterocycles. The zero-order valence-electron chi connectivity index (χ0n) is 16.1. The SMILES string of the molecule is Cc1ccc(-c2nnn(CC(=O)Nc3ccccc3Cc3ccccc3)n2)cc1. The molecular weight excluding hydrogens is 362 g/mol. The summed E-state index contributed by atoms with van der Waals surface area (Å²) >= 11 is 0. The van der Waals surface area contributed by atoms with Crippen LogP contribution in [0.25, 0.3) is 11.4 Å². The quantitative estimate of drug-likeness (QED) is 0.548. The van der Waals surface area contributed by atoms with Gasteiger partial charge in [0.25, 0.3) is 0 Å². The summed E-state index contributed by atoms with van der Waals surface area (Å²) in [6, 6.07) is 25.8. The third-order valence-electron chi connectivity index (χ3n) is 4.58. The van der Waals surface area contributed by atoms with E-state index in [2.05, 4.69) is 32.9 Å². The molecule has 0 radical (unpaired) electrons. The normalized spacial score (nSPS) is 10.7. The second-order valence-electron chi connectivity index (χ2n) is 6.88. The highest BCUT2D eigenvalue weighted by molar-refractivity contribution is 5.91. The molecule has 3 aromatic carbocycles. The van der Waals surface area contributed by atoms with Gasteiger partial charge in [0.05, 0.1) is 0 Å². The topological polar surface area (TPSA) is 72.7 Å². The number of aryl methyl sites for hydroxylation is 1. The number of nitrogens with zero attached hydrogens (tertiary/aromatic N) is 4. The van der Waals surface area contributed by atoms with E-state index in [1.165, 1.54) is 10.4 Å². The van der Waals surface area contributed by atoms with E-state index in [4.69, 9.17) is 0 Å². The first-order chi connectivity index (χ1) is 14.2. The van der Waals surface area contributed by atoms with Crippen LogP contribution in [0.2, 0.25) is 0 Å². The first-order valence-electron chi connectivity index (χ1n) is 9.44. The van der Waals surface area contributed by atoms with Gasteiger partial charge >= 0.3 is 0 Å². The maximum absolute atomic E-state index is 12.5. The third-order valence-corrected chi connectivity index (χ3v) is 4.58. The zero-order chi connectivity index (χ0) is 20.1.